The highest BCUT2D eigenvalue weighted by atomic mass is 16.5. The van der Waals surface area contributed by atoms with Crippen molar-refractivity contribution in [1.82, 2.24) is 5.32 Å². The molecule has 0 aliphatic carbocycles. The smallest absolute Gasteiger partial charge is 0.263 e. The molecule has 1 unspecified atom stereocenters. The second-order valence-electron chi connectivity index (χ2n) is 7.84. The van der Waals surface area contributed by atoms with Crippen LogP contribution in [-0.2, 0) is 9.59 Å². The van der Waals surface area contributed by atoms with E-state index in [0.717, 1.165) is 12.8 Å². The molecule has 0 radical (unpaired) electrons. The van der Waals surface area contributed by atoms with E-state index in [-0.39, 0.29) is 24.4 Å². The number of hydrogen-bond acceptors (Lipinski definition) is 6. The minimum atomic E-state index is -0.797. The molecule has 1 heterocycles. The summed E-state index contributed by atoms with van der Waals surface area (Å²) in [6, 6.07) is 10.8. The Kier molecular flexibility index (Phi) is 8.40. The molecule has 2 amide bonds. The normalized spacial score (nSPS) is 15.0. The largest absolute Gasteiger partial charge is 0.493 e. The summed E-state index contributed by atoms with van der Waals surface area (Å²) >= 11 is 0. The predicted molar refractivity (Wildman–Crippen MR) is 131 cm³/mol. The number of amides is 2. The van der Waals surface area contributed by atoms with E-state index in [1.54, 1.807) is 35.2 Å². The fraction of sp³-hybridized carbons (Fsp3) is 0.385. The Balaban J connectivity index is 1.85. The molecule has 0 saturated heterocycles. The van der Waals surface area contributed by atoms with Gasteiger partial charge in [0.15, 0.2) is 17.6 Å². The monoisotopic (exact) mass is 468 g/mol. The van der Waals surface area contributed by atoms with E-state index in [4.69, 9.17) is 18.9 Å². The van der Waals surface area contributed by atoms with Crippen LogP contribution in [0.25, 0.3) is 6.08 Å². The van der Waals surface area contributed by atoms with Gasteiger partial charge in [0.25, 0.3) is 11.8 Å². The second-order valence-corrected chi connectivity index (χ2v) is 7.84. The van der Waals surface area contributed by atoms with E-state index in [0.29, 0.717) is 34.2 Å². The van der Waals surface area contributed by atoms with Crippen LogP contribution in [0.15, 0.2) is 42.5 Å². The first-order valence-electron chi connectivity index (χ1n) is 11.3. The van der Waals surface area contributed by atoms with E-state index >= 15 is 0 Å². The number of nitrogens with one attached hydrogen (secondary N) is 1. The summed E-state index contributed by atoms with van der Waals surface area (Å²) < 4.78 is 22.1. The fourth-order valence-corrected chi connectivity index (χ4v) is 3.82. The maximum Gasteiger partial charge on any atom is 0.263 e. The number of nitrogens with zero attached hydrogens (tertiary/aromatic N) is 1. The first-order chi connectivity index (χ1) is 16.4. The number of carbonyl (C=O) groups excluding carboxylic acids is 2. The molecular formula is C26H32N2O6. The average Bonchev–Trinajstić information content (AvgIpc) is 2.88. The minimum Gasteiger partial charge on any atom is -0.493 e. The van der Waals surface area contributed by atoms with Gasteiger partial charge in [0, 0.05) is 12.1 Å². The SMILES string of the molecule is CCC(CC)NC(=O)C1CN(C(=O)/C=C/c2cc(OC)c(OC)c(OC)c2)c2ccccc2O1. The van der Waals surface area contributed by atoms with Gasteiger partial charge in [-0.1, -0.05) is 26.0 Å². The van der Waals surface area contributed by atoms with Crippen molar-refractivity contribution >= 4 is 23.6 Å². The molecule has 1 aliphatic rings. The molecule has 2 aromatic carbocycles. The number of ether oxygens (including phenoxy) is 4. The summed E-state index contributed by atoms with van der Waals surface area (Å²) in [5, 5.41) is 3.01. The van der Waals surface area contributed by atoms with Gasteiger partial charge < -0.3 is 29.2 Å². The predicted octanol–water partition coefficient (Wildman–Crippen LogP) is 3.82. The Morgan fingerprint density at radius 2 is 1.74 bits per heavy atom. The Labute approximate surface area is 200 Å². The zero-order valence-corrected chi connectivity index (χ0v) is 20.3. The lowest BCUT2D eigenvalue weighted by Crippen LogP contribution is -2.52. The van der Waals surface area contributed by atoms with Gasteiger partial charge in [-0.15, -0.1) is 0 Å². The van der Waals surface area contributed by atoms with Gasteiger partial charge in [-0.25, -0.2) is 0 Å². The third kappa shape index (κ3) is 5.44. The number of anilines is 1. The lowest BCUT2D eigenvalue weighted by atomic mass is 10.1. The number of methoxy groups -OCH3 is 3. The van der Waals surface area contributed by atoms with Gasteiger partial charge in [-0.05, 0) is 48.7 Å². The molecule has 0 saturated carbocycles. The number of hydrogen-bond donors (Lipinski definition) is 1. The third-order valence-electron chi connectivity index (χ3n) is 5.77. The summed E-state index contributed by atoms with van der Waals surface area (Å²) in [5.41, 5.74) is 1.32. The summed E-state index contributed by atoms with van der Waals surface area (Å²) in [6.07, 6.45) is 3.98. The molecule has 182 valence electrons. The number of carbonyl (C=O) groups is 2. The lowest BCUT2D eigenvalue weighted by Gasteiger charge is -2.34. The molecule has 8 nitrogen and oxygen atoms in total. The highest BCUT2D eigenvalue weighted by molar-refractivity contribution is 6.06. The summed E-state index contributed by atoms with van der Waals surface area (Å²) in [5.74, 6) is 1.45. The number of rotatable bonds is 9. The van der Waals surface area contributed by atoms with Crippen molar-refractivity contribution < 1.29 is 28.5 Å². The molecule has 3 rings (SSSR count). The van der Waals surface area contributed by atoms with E-state index < -0.39 is 6.10 Å². The van der Waals surface area contributed by atoms with Crippen LogP contribution in [0, 0.1) is 0 Å². The first-order valence-corrected chi connectivity index (χ1v) is 11.3. The standard InChI is InChI=1S/C26H32N2O6/c1-6-18(7-2)27-26(30)23-16-28(19-10-8-9-11-20(19)34-23)24(29)13-12-17-14-21(31-3)25(33-5)22(15-17)32-4/h8-15,18,23H,6-7,16H2,1-5H3,(H,27,30)/b13-12+. The van der Waals surface area contributed by atoms with Gasteiger partial charge in [-0.2, -0.15) is 0 Å². The maximum absolute atomic E-state index is 13.2. The van der Waals surface area contributed by atoms with Gasteiger partial charge in [-0.3, -0.25) is 9.59 Å². The van der Waals surface area contributed by atoms with E-state index in [1.807, 2.05) is 26.0 Å². The first kappa shape index (κ1) is 25.0. The lowest BCUT2D eigenvalue weighted by molar-refractivity contribution is -0.129. The van der Waals surface area contributed by atoms with Crippen molar-refractivity contribution in [3.05, 3.63) is 48.0 Å². The molecule has 0 bridgehead atoms. The van der Waals surface area contributed by atoms with E-state index in [9.17, 15) is 9.59 Å². The van der Waals surface area contributed by atoms with E-state index in [2.05, 4.69) is 5.32 Å². The van der Waals surface area contributed by atoms with Crippen LogP contribution >= 0.6 is 0 Å². The number of para-hydroxylation sites is 2. The summed E-state index contributed by atoms with van der Waals surface area (Å²) in [7, 11) is 4.60. The molecule has 0 aromatic heterocycles. The highest BCUT2D eigenvalue weighted by Crippen LogP contribution is 2.38. The van der Waals surface area contributed by atoms with Crippen LogP contribution in [0.1, 0.15) is 32.3 Å². The van der Waals surface area contributed by atoms with Crippen LogP contribution < -0.4 is 29.2 Å². The molecule has 0 fully saturated rings. The van der Waals surface area contributed by atoms with Crippen LogP contribution in [0.2, 0.25) is 0 Å². The summed E-state index contributed by atoms with van der Waals surface area (Å²) in [4.78, 5) is 27.6. The number of benzene rings is 2. The van der Waals surface area contributed by atoms with Crippen molar-refractivity contribution in [3.8, 4) is 23.0 Å². The highest BCUT2D eigenvalue weighted by Gasteiger charge is 2.33. The van der Waals surface area contributed by atoms with Gasteiger partial charge >= 0.3 is 0 Å². The molecule has 1 atom stereocenters. The zero-order valence-electron chi connectivity index (χ0n) is 20.3. The molecule has 1 aliphatic heterocycles. The van der Waals surface area contributed by atoms with E-state index in [1.165, 1.54) is 27.4 Å². The Morgan fingerprint density at radius 3 is 2.32 bits per heavy atom. The molecule has 1 N–H and O–H groups in total. The molecular weight excluding hydrogens is 436 g/mol. The van der Waals surface area contributed by atoms with Crippen LogP contribution in [0.4, 0.5) is 5.69 Å². The summed E-state index contributed by atoms with van der Waals surface area (Å²) in [6.45, 7) is 4.16. The van der Waals surface area contributed by atoms with Crippen molar-refractivity contribution in [3.63, 3.8) is 0 Å². The van der Waals surface area contributed by atoms with Crippen molar-refractivity contribution in [2.45, 2.75) is 38.8 Å². The third-order valence-corrected chi connectivity index (χ3v) is 5.77. The molecule has 8 heteroatoms. The van der Waals surface area contributed by atoms with Crippen molar-refractivity contribution in [2.75, 3.05) is 32.8 Å². The van der Waals surface area contributed by atoms with Crippen LogP contribution in [-0.4, -0.2) is 51.8 Å². The second kappa shape index (κ2) is 11.4. The van der Waals surface area contributed by atoms with Crippen LogP contribution in [0.3, 0.4) is 0 Å². The quantitative estimate of drug-likeness (QED) is 0.563. The van der Waals surface area contributed by atoms with Crippen molar-refractivity contribution in [1.29, 1.82) is 0 Å². The molecule has 0 spiro atoms. The zero-order chi connectivity index (χ0) is 24.7. The van der Waals surface area contributed by atoms with Gasteiger partial charge in [0.1, 0.15) is 5.75 Å². The topological polar surface area (TPSA) is 86.3 Å². The Morgan fingerprint density at radius 1 is 1.09 bits per heavy atom. The van der Waals surface area contributed by atoms with Crippen LogP contribution in [0.5, 0.6) is 23.0 Å². The maximum atomic E-state index is 13.2. The fourth-order valence-electron chi connectivity index (χ4n) is 3.82. The molecule has 2 aromatic rings. The average molecular weight is 469 g/mol. The van der Waals surface area contributed by atoms with Crippen molar-refractivity contribution in [2.24, 2.45) is 0 Å². The Hall–Kier alpha value is -3.68. The van der Waals surface area contributed by atoms with Gasteiger partial charge in [0.2, 0.25) is 5.75 Å². The minimum absolute atomic E-state index is 0.0670. The molecule has 34 heavy (non-hydrogen) atoms. The number of fused-ring (bicyclic) bond motifs is 1. The van der Waals surface area contributed by atoms with Gasteiger partial charge in [0.05, 0.1) is 33.6 Å². The Bertz CT molecular complexity index is 1020.